The van der Waals surface area contributed by atoms with E-state index in [9.17, 15) is 9.59 Å². The highest BCUT2D eigenvalue weighted by atomic mass is 32.1. The van der Waals surface area contributed by atoms with Gasteiger partial charge in [0.25, 0.3) is 0 Å². The molecule has 0 aliphatic rings. The molecule has 1 amide bonds. The third-order valence-electron chi connectivity index (χ3n) is 2.02. The maximum Gasteiger partial charge on any atom is 0.328 e. The van der Waals surface area contributed by atoms with Crippen molar-refractivity contribution in [3.63, 3.8) is 0 Å². The number of aliphatic carboxylic acids is 1. The maximum absolute atomic E-state index is 11.6. The predicted octanol–water partition coefficient (Wildman–Crippen LogP) is 1.08. The Morgan fingerprint density at radius 3 is 3.05 bits per heavy atom. The zero-order valence-corrected chi connectivity index (χ0v) is 10.5. The van der Waals surface area contributed by atoms with Crippen LogP contribution in [0.5, 0.6) is 0 Å². The molecule has 0 saturated heterocycles. The Morgan fingerprint density at radius 2 is 2.37 bits per heavy atom. The van der Waals surface area contributed by atoms with Crippen molar-refractivity contribution in [1.82, 2.24) is 14.8 Å². The number of nitrogens with zero attached hydrogens (tertiary/aromatic N) is 3. The molecule has 0 aliphatic heterocycles. The lowest BCUT2D eigenvalue weighted by atomic mass is 10.4. The number of anilines is 1. The molecule has 0 aliphatic carbocycles. The van der Waals surface area contributed by atoms with Crippen LogP contribution < -0.4 is 5.32 Å². The van der Waals surface area contributed by atoms with Gasteiger partial charge < -0.3 is 10.4 Å². The van der Waals surface area contributed by atoms with Gasteiger partial charge in [-0.1, -0.05) is 11.3 Å². The summed E-state index contributed by atoms with van der Waals surface area (Å²) in [6.45, 7) is 0.104. The molecule has 2 N–H and O–H groups in total. The Morgan fingerprint density at radius 1 is 1.53 bits per heavy atom. The van der Waals surface area contributed by atoms with E-state index in [1.165, 1.54) is 28.3 Å². The minimum Gasteiger partial charge on any atom is -0.478 e. The van der Waals surface area contributed by atoms with Crippen LogP contribution in [0.2, 0.25) is 0 Å². The first-order valence-electron chi connectivity index (χ1n) is 5.27. The van der Waals surface area contributed by atoms with Crippen molar-refractivity contribution < 1.29 is 14.7 Å². The van der Waals surface area contributed by atoms with E-state index >= 15 is 0 Å². The molecule has 2 aromatic rings. The first-order valence-corrected chi connectivity index (χ1v) is 6.09. The van der Waals surface area contributed by atoms with Gasteiger partial charge in [-0.05, 0) is 12.1 Å². The van der Waals surface area contributed by atoms with Crippen LogP contribution >= 0.6 is 11.3 Å². The zero-order valence-electron chi connectivity index (χ0n) is 9.68. The quantitative estimate of drug-likeness (QED) is 0.797. The molecule has 2 rings (SSSR count). The van der Waals surface area contributed by atoms with E-state index in [-0.39, 0.29) is 12.5 Å². The molecule has 0 fully saturated rings. The van der Waals surface area contributed by atoms with Crippen LogP contribution in [-0.2, 0) is 16.1 Å². The number of rotatable bonds is 5. The minimum absolute atomic E-state index is 0.104. The second-order valence-corrected chi connectivity index (χ2v) is 4.55. The first kappa shape index (κ1) is 13.0. The predicted molar refractivity (Wildman–Crippen MR) is 69.6 cm³/mol. The molecule has 8 heteroatoms. The van der Waals surface area contributed by atoms with Crippen LogP contribution in [-0.4, -0.2) is 31.7 Å². The maximum atomic E-state index is 11.6. The molecule has 0 aromatic carbocycles. The topological polar surface area (TPSA) is 97.1 Å². The molecule has 0 bridgehead atoms. The highest BCUT2D eigenvalue weighted by Gasteiger charge is 2.06. The van der Waals surface area contributed by atoms with Crippen LogP contribution in [0.1, 0.15) is 4.88 Å². The second kappa shape index (κ2) is 5.91. The summed E-state index contributed by atoms with van der Waals surface area (Å²) >= 11 is 1.19. The van der Waals surface area contributed by atoms with Gasteiger partial charge >= 0.3 is 5.97 Å². The normalized spacial score (nSPS) is 10.7. The molecule has 0 unspecified atom stereocenters. The lowest BCUT2D eigenvalue weighted by Gasteiger charge is -2.01. The van der Waals surface area contributed by atoms with Crippen molar-refractivity contribution in [2.24, 2.45) is 0 Å². The Bertz CT molecular complexity index is 603. The number of carboxylic acid groups (broad SMARTS) is 1. The van der Waals surface area contributed by atoms with Gasteiger partial charge in [-0.2, -0.15) is 5.10 Å². The van der Waals surface area contributed by atoms with Crippen LogP contribution in [0.3, 0.4) is 0 Å². The molecule has 0 radical (unpaired) electrons. The fourth-order valence-electron chi connectivity index (χ4n) is 1.27. The van der Waals surface area contributed by atoms with Gasteiger partial charge in [0.15, 0.2) is 5.13 Å². The lowest BCUT2D eigenvalue weighted by Crippen LogP contribution is -2.18. The van der Waals surface area contributed by atoms with E-state index in [1.54, 1.807) is 18.5 Å². The lowest BCUT2D eigenvalue weighted by molar-refractivity contribution is -0.131. The third kappa shape index (κ3) is 4.03. The van der Waals surface area contributed by atoms with Gasteiger partial charge in [0.05, 0.1) is 0 Å². The fourth-order valence-corrected chi connectivity index (χ4v) is 2.01. The number of hydrogen-bond acceptors (Lipinski definition) is 5. The number of thiazole rings is 1. The molecular formula is C11H10N4O3S. The number of amides is 1. The molecule has 0 saturated carbocycles. The van der Waals surface area contributed by atoms with Crippen molar-refractivity contribution >= 4 is 34.4 Å². The summed E-state index contributed by atoms with van der Waals surface area (Å²) in [6, 6.07) is 1.73. The average Bonchev–Trinajstić information content (AvgIpc) is 2.98. The SMILES string of the molecule is O=C(O)C=Cc1cnc(NC(=O)Cn2cccn2)s1. The van der Waals surface area contributed by atoms with Gasteiger partial charge in [0, 0.05) is 29.5 Å². The Balaban J connectivity index is 1.92. The summed E-state index contributed by atoms with van der Waals surface area (Å²) in [5, 5.41) is 15.4. The molecule has 2 aromatic heterocycles. The summed E-state index contributed by atoms with van der Waals surface area (Å²) in [5.74, 6) is -1.27. The minimum atomic E-state index is -1.03. The monoisotopic (exact) mass is 278 g/mol. The van der Waals surface area contributed by atoms with E-state index in [1.807, 2.05) is 0 Å². The largest absolute Gasteiger partial charge is 0.478 e. The van der Waals surface area contributed by atoms with E-state index < -0.39 is 5.97 Å². The summed E-state index contributed by atoms with van der Waals surface area (Å²) < 4.78 is 1.49. The molecule has 19 heavy (non-hydrogen) atoms. The van der Waals surface area contributed by atoms with Crippen molar-refractivity contribution in [2.75, 3.05) is 5.32 Å². The second-order valence-electron chi connectivity index (χ2n) is 3.49. The van der Waals surface area contributed by atoms with E-state index in [0.717, 1.165) is 6.08 Å². The number of carbonyl (C=O) groups excluding carboxylic acids is 1. The van der Waals surface area contributed by atoms with Gasteiger partial charge in [0.2, 0.25) is 5.91 Å². The van der Waals surface area contributed by atoms with Crippen LogP contribution in [0.25, 0.3) is 6.08 Å². The summed E-state index contributed by atoms with van der Waals surface area (Å²) in [6.07, 6.45) is 7.20. The van der Waals surface area contributed by atoms with Gasteiger partial charge in [-0.25, -0.2) is 9.78 Å². The third-order valence-corrected chi connectivity index (χ3v) is 2.90. The van der Waals surface area contributed by atoms with Crippen molar-refractivity contribution in [3.8, 4) is 0 Å². The van der Waals surface area contributed by atoms with Crippen molar-refractivity contribution in [3.05, 3.63) is 35.6 Å². The van der Waals surface area contributed by atoms with Crippen molar-refractivity contribution in [1.29, 1.82) is 0 Å². The van der Waals surface area contributed by atoms with Gasteiger partial charge in [0.1, 0.15) is 6.54 Å². The highest BCUT2D eigenvalue weighted by Crippen LogP contribution is 2.19. The van der Waals surface area contributed by atoms with Gasteiger partial charge in [-0.3, -0.25) is 9.48 Å². The molecule has 0 spiro atoms. The molecule has 7 nitrogen and oxygen atoms in total. The zero-order chi connectivity index (χ0) is 13.7. The summed E-state index contributed by atoms with van der Waals surface area (Å²) in [5.41, 5.74) is 0. The van der Waals surface area contributed by atoms with E-state index in [0.29, 0.717) is 10.0 Å². The van der Waals surface area contributed by atoms with Crippen LogP contribution in [0.4, 0.5) is 5.13 Å². The standard InChI is InChI=1S/C11H10N4O3S/c16-9(7-15-5-1-4-13-15)14-11-12-6-8(19-11)2-3-10(17)18/h1-6H,7H2,(H,17,18)(H,12,14,16). The van der Waals surface area contributed by atoms with Crippen molar-refractivity contribution in [2.45, 2.75) is 6.54 Å². The molecule has 2 heterocycles. The van der Waals surface area contributed by atoms with E-state index in [4.69, 9.17) is 5.11 Å². The number of carbonyl (C=O) groups is 2. The Hall–Kier alpha value is -2.48. The fraction of sp³-hybridized carbons (Fsp3) is 0.0909. The van der Waals surface area contributed by atoms with E-state index in [2.05, 4.69) is 15.4 Å². The smallest absolute Gasteiger partial charge is 0.328 e. The number of hydrogen-bond donors (Lipinski definition) is 2. The number of nitrogens with one attached hydrogen (secondary N) is 1. The molecule has 98 valence electrons. The van der Waals surface area contributed by atoms with Gasteiger partial charge in [-0.15, -0.1) is 0 Å². The first-order chi connectivity index (χ1) is 9.13. The number of carboxylic acids is 1. The molecule has 0 atom stereocenters. The highest BCUT2D eigenvalue weighted by molar-refractivity contribution is 7.16. The summed E-state index contributed by atoms with van der Waals surface area (Å²) in [7, 11) is 0. The van der Waals surface area contributed by atoms with Crippen LogP contribution in [0, 0.1) is 0 Å². The molecular weight excluding hydrogens is 268 g/mol. The Kier molecular flexibility index (Phi) is 4.04. The summed E-state index contributed by atoms with van der Waals surface area (Å²) in [4.78, 5) is 26.6. The Labute approximate surface area is 112 Å². The average molecular weight is 278 g/mol. The van der Waals surface area contributed by atoms with Crippen LogP contribution in [0.15, 0.2) is 30.7 Å². The number of aromatic nitrogens is 3.